The minimum absolute atomic E-state index is 0.0682. The summed E-state index contributed by atoms with van der Waals surface area (Å²) in [5.41, 5.74) is -0.0682. The summed E-state index contributed by atoms with van der Waals surface area (Å²) in [7, 11) is 0. The predicted octanol–water partition coefficient (Wildman–Crippen LogP) is 3.91. The van der Waals surface area contributed by atoms with Crippen molar-refractivity contribution >= 4 is 33.1 Å². The summed E-state index contributed by atoms with van der Waals surface area (Å²) < 4.78 is 0.801. The van der Waals surface area contributed by atoms with Gasteiger partial charge in [0.25, 0.3) is 0 Å². The third-order valence-corrected chi connectivity index (χ3v) is 3.80. The van der Waals surface area contributed by atoms with Gasteiger partial charge in [-0.25, -0.2) is 15.0 Å². The lowest BCUT2D eigenvalue weighted by Crippen LogP contribution is -2.17. The molecular weight excluding hydrogens is 324 g/mol. The Hall–Kier alpha value is -1.01. The molecule has 0 aliphatic heterocycles. The molecule has 4 nitrogen and oxygen atoms in total. The Morgan fingerprint density at radius 3 is 2.63 bits per heavy atom. The average Bonchev–Trinajstić information content (AvgIpc) is 2.71. The van der Waals surface area contributed by atoms with Gasteiger partial charge in [-0.3, -0.25) is 0 Å². The molecule has 0 spiro atoms. The van der Waals surface area contributed by atoms with E-state index in [1.165, 1.54) is 4.88 Å². The van der Waals surface area contributed by atoms with Crippen molar-refractivity contribution in [2.24, 2.45) is 0 Å². The smallest absolute Gasteiger partial charge is 0.137 e. The molecule has 0 saturated carbocycles. The van der Waals surface area contributed by atoms with Gasteiger partial charge in [0, 0.05) is 22.6 Å². The minimum atomic E-state index is -0.0682. The molecule has 2 aromatic heterocycles. The zero-order chi connectivity index (χ0) is 14.0. The van der Waals surface area contributed by atoms with Crippen LogP contribution in [0.2, 0.25) is 0 Å². The fourth-order valence-corrected chi connectivity index (χ4v) is 2.63. The van der Waals surface area contributed by atoms with E-state index in [1.807, 2.05) is 19.2 Å². The van der Waals surface area contributed by atoms with Gasteiger partial charge in [0.05, 0.1) is 11.6 Å². The largest absolute Gasteiger partial charge is 0.365 e. The number of aryl methyl sites for hydroxylation is 1. The molecule has 2 aromatic rings. The monoisotopic (exact) mass is 340 g/mol. The standard InChI is InChI=1S/C13H17BrN4S/c1-8-15-6-9(19-8)7-16-11-5-10(14)17-12(18-11)13(2,3)4/h5-6H,7H2,1-4H3,(H,16,17,18). The van der Waals surface area contributed by atoms with Crippen molar-refractivity contribution in [3.05, 3.63) is 32.6 Å². The van der Waals surface area contributed by atoms with Crippen LogP contribution in [0.15, 0.2) is 16.9 Å². The lowest BCUT2D eigenvalue weighted by Gasteiger charge is -2.17. The number of aromatic nitrogens is 3. The first-order valence-corrected chi connectivity index (χ1v) is 7.66. The van der Waals surface area contributed by atoms with Crippen LogP contribution < -0.4 is 5.32 Å². The van der Waals surface area contributed by atoms with Gasteiger partial charge in [-0.2, -0.15) is 0 Å². The number of rotatable bonds is 3. The summed E-state index contributed by atoms with van der Waals surface area (Å²) in [6, 6.07) is 1.89. The van der Waals surface area contributed by atoms with Crippen LogP contribution in [0, 0.1) is 6.92 Å². The quantitative estimate of drug-likeness (QED) is 0.860. The number of thiazole rings is 1. The molecule has 0 radical (unpaired) electrons. The van der Waals surface area contributed by atoms with Crippen molar-refractivity contribution in [1.82, 2.24) is 15.0 Å². The van der Waals surface area contributed by atoms with Crippen molar-refractivity contribution in [2.75, 3.05) is 5.32 Å². The Bertz CT molecular complexity index is 574. The van der Waals surface area contributed by atoms with Crippen molar-refractivity contribution in [2.45, 2.75) is 39.7 Å². The van der Waals surface area contributed by atoms with Gasteiger partial charge in [0.2, 0.25) is 0 Å². The lowest BCUT2D eigenvalue weighted by molar-refractivity contribution is 0.544. The van der Waals surface area contributed by atoms with Crippen LogP contribution in [-0.2, 0) is 12.0 Å². The summed E-state index contributed by atoms with van der Waals surface area (Å²) in [6.45, 7) is 9.05. The molecule has 1 N–H and O–H groups in total. The number of halogens is 1. The van der Waals surface area contributed by atoms with Gasteiger partial charge in [-0.15, -0.1) is 11.3 Å². The highest BCUT2D eigenvalue weighted by molar-refractivity contribution is 9.10. The van der Waals surface area contributed by atoms with Gasteiger partial charge in [-0.1, -0.05) is 20.8 Å². The van der Waals surface area contributed by atoms with Crippen LogP contribution in [0.1, 0.15) is 36.5 Å². The summed E-state index contributed by atoms with van der Waals surface area (Å²) in [6.07, 6.45) is 1.90. The minimum Gasteiger partial charge on any atom is -0.365 e. The van der Waals surface area contributed by atoms with Gasteiger partial charge in [-0.05, 0) is 22.9 Å². The van der Waals surface area contributed by atoms with E-state index in [0.29, 0.717) is 0 Å². The van der Waals surface area contributed by atoms with Gasteiger partial charge in [0.1, 0.15) is 16.2 Å². The molecule has 0 bridgehead atoms. The van der Waals surface area contributed by atoms with Crippen molar-refractivity contribution in [3.63, 3.8) is 0 Å². The molecule has 2 rings (SSSR count). The molecule has 0 atom stereocenters. The van der Waals surface area contributed by atoms with Crippen LogP contribution in [-0.4, -0.2) is 15.0 Å². The Morgan fingerprint density at radius 1 is 1.32 bits per heavy atom. The maximum Gasteiger partial charge on any atom is 0.137 e. The molecule has 0 fully saturated rings. The second kappa shape index (κ2) is 5.54. The van der Waals surface area contributed by atoms with E-state index in [0.717, 1.165) is 27.8 Å². The molecule has 2 heterocycles. The Labute approximate surface area is 125 Å². The molecule has 6 heteroatoms. The third-order valence-electron chi connectivity index (χ3n) is 2.48. The van der Waals surface area contributed by atoms with Gasteiger partial charge >= 0.3 is 0 Å². The van der Waals surface area contributed by atoms with E-state index in [2.05, 4.69) is 57.0 Å². The molecule has 0 aliphatic rings. The first-order valence-electron chi connectivity index (χ1n) is 6.05. The van der Waals surface area contributed by atoms with Gasteiger partial charge in [0.15, 0.2) is 0 Å². The Kier molecular flexibility index (Phi) is 4.20. The SMILES string of the molecule is Cc1ncc(CNc2cc(Br)nc(C(C)(C)C)n2)s1. The zero-order valence-electron chi connectivity index (χ0n) is 11.5. The highest BCUT2D eigenvalue weighted by Gasteiger charge is 2.18. The first kappa shape index (κ1) is 14.4. The topological polar surface area (TPSA) is 50.7 Å². The summed E-state index contributed by atoms with van der Waals surface area (Å²) >= 11 is 5.13. The molecule has 0 amide bonds. The second-order valence-corrected chi connectivity index (χ2v) is 7.48. The highest BCUT2D eigenvalue weighted by Crippen LogP contribution is 2.23. The maximum atomic E-state index is 4.56. The van der Waals surface area contributed by atoms with Crippen LogP contribution >= 0.6 is 27.3 Å². The van der Waals surface area contributed by atoms with E-state index in [-0.39, 0.29) is 5.41 Å². The number of nitrogens with one attached hydrogen (secondary N) is 1. The van der Waals surface area contributed by atoms with Gasteiger partial charge < -0.3 is 5.32 Å². The number of hydrogen-bond acceptors (Lipinski definition) is 5. The van der Waals surface area contributed by atoms with Crippen molar-refractivity contribution < 1.29 is 0 Å². The van der Waals surface area contributed by atoms with E-state index in [4.69, 9.17) is 0 Å². The maximum absolute atomic E-state index is 4.56. The summed E-state index contributed by atoms with van der Waals surface area (Å²) in [5.74, 6) is 1.66. The third kappa shape index (κ3) is 3.98. The van der Waals surface area contributed by atoms with E-state index >= 15 is 0 Å². The molecule has 102 valence electrons. The molecule has 19 heavy (non-hydrogen) atoms. The molecule has 0 aromatic carbocycles. The van der Waals surface area contributed by atoms with E-state index < -0.39 is 0 Å². The number of hydrogen-bond donors (Lipinski definition) is 1. The van der Waals surface area contributed by atoms with E-state index in [9.17, 15) is 0 Å². The normalized spacial score (nSPS) is 11.6. The van der Waals surface area contributed by atoms with Crippen LogP contribution in [0.4, 0.5) is 5.82 Å². The van der Waals surface area contributed by atoms with Crippen LogP contribution in [0.3, 0.4) is 0 Å². The van der Waals surface area contributed by atoms with Crippen molar-refractivity contribution in [3.8, 4) is 0 Å². The fraction of sp³-hybridized carbons (Fsp3) is 0.462. The zero-order valence-corrected chi connectivity index (χ0v) is 13.9. The predicted molar refractivity (Wildman–Crippen MR) is 82.6 cm³/mol. The molecular formula is C13H17BrN4S. The lowest BCUT2D eigenvalue weighted by atomic mass is 9.96. The highest BCUT2D eigenvalue weighted by atomic mass is 79.9. The van der Waals surface area contributed by atoms with E-state index in [1.54, 1.807) is 11.3 Å². The number of nitrogens with zero attached hydrogens (tertiary/aromatic N) is 3. The molecule has 0 aliphatic carbocycles. The summed E-state index contributed by atoms with van der Waals surface area (Å²) in [4.78, 5) is 14.4. The molecule has 0 saturated heterocycles. The summed E-state index contributed by atoms with van der Waals surface area (Å²) in [5, 5.41) is 4.40. The Balaban J connectivity index is 2.14. The second-order valence-electron chi connectivity index (χ2n) is 5.35. The van der Waals surface area contributed by atoms with Crippen LogP contribution in [0.25, 0.3) is 0 Å². The number of anilines is 1. The van der Waals surface area contributed by atoms with Crippen molar-refractivity contribution in [1.29, 1.82) is 0 Å². The first-order chi connectivity index (χ1) is 8.84. The fourth-order valence-electron chi connectivity index (χ4n) is 1.51. The average molecular weight is 341 g/mol. The Morgan fingerprint density at radius 2 is 2.05 bits per heavy atom. The van der Waals surface area contributed by atoms with Crippen LogP contribution in [0.5, 0.6) is 0 Å². The molecule has 0 unspecified atom stereocenters.